The van der Waals surface area contributed by atoms with Gasteiger partial charge in [-0.1, -0.05) is 18.2 Å². The zero-order valence-corrected chi connectivity index (χ0v) is 10.6. The molecule has 18 heavy (non-hydrogen) atoms. The number of nitrogens with one attached hydrogen (secondary N) is 1. The number of para-hydroxylation sites is 1. The van der Waals surface area contributed by atoms with Crippen molar-refractivity contribution in [3.05, 3.63) is 54.5 Å². The quantitative estimate of drug-likeness (QED) is 0.755. The predicted octanol–water partition coefficient (Wildman–Crippen LogP) is 3.69. The van der Waals surface area contributed by atoms with Crippen LogP contribution in [0.15, 0.2) is 53.1 Å². The van der Waals surface area contributed by atoms with E-state index in [0.717, 1.165) is 24.3 Å². The van der Waals surface area contributed by atoms with Crippen molar-refractivity contribution in [3.8, 4) is 0 Å². The molecule has 1 heterocycles. The largest absolute Gasteiger partial charge is 0.469 e. The molecule has 96 valence electrons. The van der Waals surface area contributed by atoms with Crippen LogP contribution in [0.4, 0.5) is 5.69 Å². The molecule has 1 aromatic carbocycles. The van der Waals surface area contributed by atoms with Gasteiger partial charge in [0, 0.05) is 18.7 Å². The maximum atomic E-state index is 5.69. The molecule has 0 aliphatic carbocycles. The molecule has 0 saturated heterocycles. The highest BCUT2D eigenvalue weighted by Gasteiger charge is 2.09. The molecule has 2 aromatic rings. The Morgan fingerprint density at radius 2 is 2.00 bits per heavy atom. The summed E-state index contributed by atoms with van der Waals surface area (Å²) < 4.78 is 11.0. The van der Waals surface area contributed by atoms with Gasteiger partial charge in [-0.15, -0.1) is 0 Å². The van der Waals surface area contributed by atoms with E-state index < -0.39 is 0 Å². The number of hydrogen-bond donors (Lipinski definition) is 1. The Morgan fingerprint density at radius 3 is 2.67 bits per heavy atom. The second kappa shape index (κ2) is 6.87. The fourth-order valence-corrected chi connectivity index (χ4v) is 1.85. The monoisotopic (exact) mass is 245 g/mol. The standard InChI is InChI=1S/C15H19NO2/c1-2-17-15(11-10-14-9-6-12-18-14)16-13-7-4-3-5-8-13/h3-9,12,15-16H,2,10-11H2,1H3. The molecule has 1 unspecified atom stereocenters. The van der Waals surface area contributed by atoms with Crippen LogP contribution in [0.25, 0.3) is 0 Å². The van der Waals surface area contributed by atoms with Crippen LogP contribution in [0.5, 0.6) is 0 Å². The molecule has 0 aliphatic heterocycles. The number of benzene rings is 1. The molecular formula is C15H19NO2. The Hall–Kier alpha value is -1.74. The third-order valence-electron chi connectivity index (χ3n) is 2.70. The highest BCUT2D eigenvalue weighted by atomic mass is 16.5. The van der Waals surface area contributed by atoms with Crippen molar-refractivity contribution in [1.82, 2.24) is 0 Å². The first-order chi connectivity index (χ1) is 8.88. The van der Waals surface area contributed by atoms with Gasteiger partial charge in [0.2, 0.25) is 0 Å². The third kappa shape index (κ3) is 3.93. The zero-order chi connectivity index (χ0) is 12.6. The van der Waals surface area contributed by atoms with Crippen LogP contribution >= 0.6 is 0 Å². The van der Waals surface area contributed by atoms with Gasteiger partial charge in [0.1, 0.15) is 12.0 Å². The number of rotatable bonds is 7. The highest BCUT2D eigenvalue weighted by Crippen LogP contribution is 2.12. The summed E-state index contributed by atoms with van der Waals surface area (Å²) in [5, 5.41) is 3.38. The van der Waals surface area contributed by atoms with Crippen LogP contribution in [-0.2, 0) is 11.2 Å². The molecule has 0 saturated carbocycles. The van der Waals surface area contributed by atoms with E-state index in [4.69, 9.17) is 9.15 Å². The van der Waals surface area contributed by atoms with E-state index in [1.54, 1.807) is 6.26 Å². The van der Waals surface area contributed by atoms with E-state index in [2.05, 4.69) is 5.32 Å². The normalized spacial score (nSPS) is 12.3. The van der Waals surface area contributed by atoms with Gasteiger partial charge >= 0.3 is 0 Å². The van der Waals surface area contributed by atoms with E-state index in [9.17, 15) is 0 Å². The van der Waals surface area contributed by atoms with Crippen LogP contribution in [0.1, 0.15) is 19.1 Å². The minimum Gasteiger partial charge on any atom is -0.469 e. The van der Waals surface area contributed by atoms with Gasteiger partial charge in [-0.25, -0.2) is 0 Å². The Kier molecular flexibility index (Phi) is 4.85. The summed E-state index contributed by atoms with van der Waals surface area (Å²) in [5.74, 6) is 0.995. The Morgan fingerprint density at radius 1 is 1.17 bits per heavy atom. The molecule has 0 fully saturated rings. The molecule has 3 nitrogen and oxygen atoms in total. The summed E-state index contributed by atoms with van der Waals surface area (Å²) in [6.45, 7) is 2.70. The number of anilines is 1. The molecule has 3 heteroatoms. The van der Waals surface area contributed by atoms with Crippen LogP contribution in [0, 0.1) is 0 Å². The fourth-order valence-electron chi connectivity index (χ4n) is 1.85. The van der Waals surface area contributed by atoms with E-state index in [1.165, 1.54) is 0 Å². The van der Waals surface area contributed by atoms with Crippen LogP contribution in [0.3, 0.4) is 0 Å². The van der Waals surface area contributed by atoms with E-state index in [0.29, 0.717) is 6.61 Å². The SMILES string of the molecule is CCOC(CCc1ccco1)Nc1ccccc1. The van der Waals surface area contributed by atoms with Crippen molar-refractivity contribution in [2.45, 2.75) is 26.0 Å². The molecule has 1 N–H and O–H groups in total. The topological polar surface area (TPSA) is 34.4 Å². The highest BCUT2D eigenvalue weighted by molar-refractivity contribution is 5.42. The minimum atomic E-state index is 0.0162. The van der Waals surface area contributed by atoms with Crippen molar-refractivity contribution in [2.75, 3.05) is 11.9 Å². The zero-order valence-electron chi connectivity index (χ0n) is 10.6. The summed E-state index contributed by atoms with van der Waals surface area (Å²) in [5.41, 5.74) is 1.08. The average molecular weight is 245 g/mol. The summed E-state index contributed by atoms with van der Waals surface area (Å²) >= 11 is 0. The van der Waals surface area contributed by atoms with Gasteiger partial charge in [-0.05, 0) is 37.6 Å². The van der Waals surface area contributed by atoms with Crippen molar-refractivity contribution in [3.63, 3.8) is 0 Å². The van der Waals surface area contributed by atoms with Gasteiger partial charge in [-0.2, -0.15) is 0 Å². The average Bonchev–Trinajstić information content (AvgIpc) is 2.91. The molecule has 0 amide bonds. The number of aryl methyl sites for hydroxylation is 1. The molecule has 0 spiro atoms. The van der Waals surface area contributed by atoms with Crippen molar-refractivity contribution in [1.29, 1.82) is 0 Å². The van der Waals surface area contributed by atoms with Crippen LogP contribution < -0.4 is 5.32 Å². The smallest absolute Gasteiger partial charge is 0.128 e. The van der Waals surface area contributed by atoms with Gasteiger partial charge in [-0.3, -0.25) is 0 Å². The summed E-state index contributed by atoms with van der Waals surface area (Å²) in [7, 11) is 0. The Labute approximate surface area is 108 Å². The number of furan rings is 1. The summed E-state index contributed by atoms with van der Waals surface area (Å²) in [6, 6.07) is 14.0. The molecule has 0 aliphatic rings. The van der Waals surface area contributed by atoms with Gasteiger partial charge in [0.05, 0.1) is 6.26 Å². The number of hydrogen-bond acceptors (Lipinski definition) is 3. The first kappa shape index (κ1) is 12.7. The molecule has 2 rings (SSSR count). The summed E-state index contributed by atoms with van der Waals surface area (Å²) in [6.07, 6.45) is 3.48. The molecule has 0 bridgehead atoms. The lowest BCUT2D eigenvalue weighted by atomic mass is 10.2. The second-order valence-corrected chi connectivity index (χ2v) is 4.07. The molecule has 0 radical (unpaired) electrons. The van der Waals surface area contributed by atoms with Crippen molar-refractivity contribution < 1.29 is 9.15 Å². The lowest BCUT2D eigenvalue weighted by Crippen LogP contribution is -2.23. The van der Waals surface area contributed by atoms with Gasteiger partial charge < -0.3 is 14.5 Å². The minimum absolute atomic E-state index is 0.0162. The van der Waals surface area contributed by atoms with Crippen LogP contribution in [-0.4, -0.2) is 12.8 Å². The van der Waals surface area contributed by atoms with Crippen LogP contribution in [0.2, 0.25) is 0 Å². The van der Waals surface area contributed by atoms with Crippen molar-refractivity contribution >= 4 is 5.69 Å². The Bertz CT molecular complexity index is 425. The van der Waals surface area contributed by atoms with Gasteiger partial charge in [0.15, 0.2) is 0 Å². The van der Waals surface area contributed by atoms with Gasteiger partial charge in [0.25, 0.3) is 0 Å². The fraction of sp³-hybridized carbons (Fsp3) is 0.333. The summed E-state index contributed by atoms with van der Waals surface area (Å²) in [4.78, 5) is 0. The number of ether oxygens (including phenoxy) is 1. The molecule has 1 atom stereocenters. The maximum absolute atomic E-state index is 5.69. The molecule has 1 aromatic heterocycles. The van der Waals surface area contributed by atoms with E-state index >= 15 is 0 Å². The lowest BCUT2D eigenvalue weighted by Gasteiger charge is -2.19. The maximum Gasteiger partial charge on any atom is 0.128 e. The molecular weight excluding hydrogens is 226 g/mol. The first-order valence-electron chi connectivity index (χ1n) is 6.34. The Balaban J connectivity index is 1.87. The second-order valence-electron chi connectivity index (χ2n) is 4.07. The van der Waals surface area contributed by atoms with E-state index in [-0.39, 0.29) is 6.23 Å². The lowest BCUT2D eigenvalue weighted by molar-refractivity contribution is 0.0759. The third-order valence-corrected chi connectivity index (χ3v) is 2.70. The predicted molar refractivity (Wildman–Crippen MR) is 72.5 cm³/mol. The van der Waals surface area contributed by atoms with E-state index in [1.807, 2.05) is 49.4 Å². The first-order valence-corrected chi connectivity index (χ1v) is 6.34. The van der Waals surface area contributed by atoms with Crippen molar-refractivity contribution in [2.24, 2.45) is 0 Å².